The maximum absolute atomic E-state index is 4.35. The fourth-order valence-corrected chi connectivity index (χ4v) is 2.76. The minimum Gasteiger partial charge on any atom is -0.361 e. The molecule has 6 nitrogen and oxygen atoms in total. The summed E-state index contributed by atoms with van der Waals surface area (Å²) in [6.45, 7) is 5.23. The molecule has 0 unspecified atom stereocenters. The minimum atomic E-state index is 0.892. The highest BCUT2D eigenvalue weighted by atomic mass is 15.3. The minimum absolute atomic E-state index is 0.892. The summed E-state index contributed by atoms with van der Waals surface area (Å²) < 4.78 is 0. The molecule has 1 aliphatic rings. The van der Waals surface area contributed by atoms with Gasteiger partial charge in [0.1, 0.15) is 0 Å². The molecule has 2 aromatic heterocycles. The molecule has 1 aliphatic heterocycles. The molecule has 0 atom stereocenters. The van der Waals surface area contributed by atoms with Crippen molar-refractivity contribution < 1.29 is 0 Å². The van der Waals surface area contributed by atoms with Gasteiger partial charge in [0, 0.05) is 59.2 Å². The van der Waals surface area contributed by atoms with Gasteiger partial charge in [-0.05, 0) is 30.2 Å². The molecule has 0 amide bonds. The van der Waals surface area contributed by atoms with Crippen LogP contribution in [0, 0.1) is 0 Å². The fourth-order valence-electron chi connectivity index (χ4n) is 2.76. The van der Waals surface area contributed by atoms with E-state index >= 15 is 0 Å². The Labute approximate surface area is 137 Å². The van der Waals surface area contributed by atoms with Crippen molar-refractivity contribution in [2.24, 2.45) is 0 Å². The van der Waals surface area contributed by atoms with E-state index in [0.29, 0.717) is 0 Å². The Bertz CT molecular complexity index is 590. The molecule has 0 aromatic carbocycles. The zero-order chi connectivity index (χ0) is 16.1. The molecule has 3 heterocycles. The quantitative estimate of drug-likeness (QED) is 0.829. The maximum atomic E-state index is 4.35. The summed E-state index contributed by atoms with van der Waals surface area (Å²) in [5.74, 6) is 1.87. The molecule has 0 N–H and O–H groups in total. The molecule has 0 radical (unpaired) electrons. The molecular formula is C17H24N6. The number of piperazine rings is 1. The van der Waals surface area contributed by atoms with Gasteiger partial charge >= 0.3 is 0 Å². The lowest BCUT2D eigenvalue weighted by Crippen LogP contribution is -2.47. The van der Waals surface area contributed by atoms with Crippen LogP contribution in [0.5, 0.6) is 0 Å². The van der Waals surface area contributed by atoms with Crippen molar-refractivity contribution in [1.82, 2.24) is 20.1 Å². The molecule has 0 bridgehead atoms. The SMILES string of the molecule is CN(C)c1ccc(N2CCN(CCc3cccnc3)CC2)nn1. The Balaban J connectivity index is 1.48. The molecule has 3 rings (SSSR count). The van der Waals surface area contributed by atoms with Crippen molar-refractivity contribution >= 4 is 11.6 Å². The smallest absolute Gasteiger partial charge is 0.151 e. The van der Waals surface area contributed by atoms with Crippen molar-refractivity contribution in [2.45, 2.75) is 6.42 Å². The van der Waals surface area contributed by atoms with Crippen molar-refractivity contribution in [2.75, 3.05) is 56.6 Å². The molecule has 6 heteroatoms. The number of nitrogens with zero attached hydrogens (tertiary/aromatic N) is 6. The largest absolute Gasteiger partial charge is 0.361 e. The Kier molecular flexibility index (Phi) is 5.02. The Morgan fingerprint density at radius 3 is 2.48 bits per heavy atom. The van der Waals surface area contributed by atoms with Gasteiger partial charge in [-0.1, -0.05) is 6.07 Å². The summed E-state index contributed by atoms with van der Waals surface area (Å²) in [5, 5.41) is 8.61. The molecular weight excluding hydrogens is 288 g/mol. The van der Waals surface area contributed by atoms with Gasteiger partial charge < -0.3 is 9.80 Å². The summed E-state index contributed by atoms with van der Waals surface area (Å²) in [5.41, 5.74) is 1.31. The van der Waals surface area contributed by atoms with E-state index in [1.165, 1.54) is 5.56 Å². The molecule has 1 fully saturated rings. The maximum Gasteiger partial charge on any atom is 0.151 e. The van der Waals surface area contributed by atoms with Crippen LogP contribution in [0.4, 0.5) is 11.6 Å². The van der Waals surface area contributed by atoms with E-state index in [1.807, 2.05) is 43.5 Å². The van der Waals surface area contributed by atoms with Crippen LogP contribution in [-0.4, -0.2) is 66.9 Å². The monoisotopic (exact) mass is 312 g/mol. The van der Waals surface area contributed by atoms with Gasteiger partial charge in [-0.15, -0.1) is 10.2 Å². The van der Waals surface area contributed by atoms with Gasteiger partial charge in [0.25, 0.3) is 0 Å². The average molecular weight is 312 g/mol. The third-order valence-electron chi connectivity index (χ3n) is 4.23. The number of rotatable bonds is 5. The van der Waals surface area contributed by atoms with Gasteiger partial charge in [0.15, 0.2) is 11.6 Å². The van der Waals surface area contributed by atoms with Crippen LogP contribution in [0.1, 0.15) is 5.56 Å². The van der Waals surface area contributed by atoms with Crippen LogP contribution in [0.2, 0.25) is 0 Å². The highest BCUT2D eigenvalue weighted by Gasteiger charge is 2.18. The third-order valence-corrected chi connectivity index (χ3v) is 4.23. The number of hydrogen-bond donors (Lipinski definition) is 0. The molecule has 122 valence electrons. The highest BCUT2D eigenvalue weighted by molar-refractivity contribution is 5.44. The summed E-state index contributed by atoms with van der Waals surface area (Å²) >= 11 is 0. The van der Waals surface area contributed by atoms with Crippen molar-refractivity contribution in [3.63, 3.8) is 0 Å². The van der Waals surface area contributed by atoms with Gasteiger partial charge in [0.05, 0.1) is 0 Å². The molecule has 2 aromatic rings. The number of anilines is 2. The summed E-state index contributed by atoms with van der Waals surface area (Å²) in [6, 6.07) is 8.24. The molecule has 0 aliphatic carbocycles. The summed E-state index contributed by atoms with van der Waals surface area (Å²) in [6.07, 6.45) is 4.84. The predicted octanol–water partition coefficient (Wildman–Crippen LogP) is 1.30. The van der Waals surface area contributed by atoms with Crippen LogP contribution in [0.15, 0.2) is 36.7 Å². The van der Waals surface area contributed by atoms with Crippen LogP contribution in [-0.2, 0) is 6.42 Å². The number of pyridine rings is 1. The van der Waals surface area contributed by atoms with Crippen LogP contribution >= 0.6 is 0 Å². The van der Waals surface area contributed by atoms with E-state index in [2.05, 4.69) is 37.1 Å². The first-order chi connectivity index (χ1) is 11.2. The first-order valence-corrected chi connectivity index (χ1v) is 8.09. The van der Waals surface area contributed by atoms with Gasteiger partial charge in [-0.25, -0.2) is 0 Å². The van der Waals surface area contributed by atoms with Gasteiger partial charge in [-0.3, -0.25) is 9.88 Å². The van der Waals surface area contributed by atoms with Crippen molar-refractivity contribution in [1.29, 1.82) is 0 Å². The molecule has 23 heavy (non-hydrogen) atoms. The van der Waals surface area contributed by atoms with E-state index in [4.69, 9.17) is 0 Å². The van der Waals surface area contributed by atoms with Gasteiger partial charge in [0.2, 0.25) is 0 Å². The Morgan fingerprint density at radius 1 is 1.04 bits per heavy atom. The zero-order valence-corrected chi connectivity index (χ0v) is 13.9. The first kappa shape index (κ1) is 15.7. The van der Waals surface area contributed by atoms with E-state index < -0.39 is 0 Å². The van der Waals surface area contributed by atoms with Crippen LogP contribution in [0.25, 0.3) is 0 Å². The topological polar surface area (TPSA) is 48.4 Å². The van der Waals surface area contributed by atoms with Crippen LogP contribution < -0.4 is 9.80 Å². The van der Waals surface area contributed by atoms with E-state index in [0.717, 1.165) is 50.8 Å². The van der Waals surface area contributed by atoms with E-state index in [9.17, 15) is 0 Å². The second-order valence-electron chi connectivity index (χ2n) is 6.08. The van der Waals surface area contributed by atoms with E-state index in [1.54, 1.807) is 0 Å². The number of aromatic nitrogens is 3. The molecule has 1 saturated heterocycles. The normalized spacial score (nSPS) is 15.7. The molecule has 0 saturated carbocycles. The predicted molar refractivity (Wildman–Crippen MR) is 93.0 cm³/mol. The fraction of sp³-hybridized carbons (Fsp3) is 0.471. The lowest BCUT2D eigenvalue weighted by Gasteiger charge is -2.35. The second kappa shape index (κ2) is 7.37. The van der Waals surface area contributed by atoms with Gasteiger partial charge in [-0.2, -0.15) is 0 Å². The van der Waals surface area contributed by atoms with Crippen molar-refractivity contribution in [3.8, 4) is 0 Å². The third kappa shape index (κ3) is 4.16. The van der Waals surface area contributed by atoms with E-state index in [-0.39, 0.29) is 0 Å². The summed E-state index contributed by atoms with van der Waals surface area (Å²) in [4.78, 5) is 11.0. The lowest BCUT2D eigenvalue weighted by atomic mass is 10.2. The van der Waals surface area contributed by atoms with Crippen LogP contribution in [0.3, 0.4) is 0 Å². The standard InChI is InChI=1S/C17H24N6/c1-21(2)16-5-6-17(20-19-16)23-12-10-22(11-13-23)9-7-15-4-3-8-18-14-15/h3-6,8,14H,7,9-13H2,1-2H3. The Hall–Kier alpha value is -2.21. The Morgan fingerprint density at radius 2 is 1.87 bits per heavy atom. The zero-order valence-electron chi connectivity index (χ0n) is 13.9. The number of hydrogen-bond acceptors (Lipinski definition) is 6. The lowest BCUT2D eigenvalue weighted by molar-refractivity contribution is 0.260. The molecule has 0 spiro atoms. The first-order valence-electron chi connectivity index (χ1n) is 8.09. The highest BCUT2D eigenvalue weighted by Crippen LogP contribution is 2.15. The average Bonchev–Trinajstić information content (AvgIpc) is 2.61. The second-order valence-corrected chi connectivity index (χ2v) is 6.08. The summed E-state index contributed by atoms with van der Waals surface area (Å²) in [7, 11) is 3.95. The van der Waals surface area contributed by atoms with Crippen molar-refractivity contribution in [3.05, 3.63) is 42.2 Å².